The fourth-order valence-corrected chi connectivity index (χ4v) is 2.65. The molecule has 0 saturated carbocycles. The van der Waals surface area contributed by atoms with Crippen molar-refractivity contribution in [2.24, 2.45) is 5.10 Å². The van der Waals surface area contributed by atoms with Gasteiger partial charge in [-0.3, -0.25) is 5.01 Å². The van der Waals surface area contributed by atoms with Gasteiger partial charge in [0.15, 0.2) is 0 Å². The molecule has 0 heterocycles. The first-order valence-corrected chi connectivity index (χ1v) is 8.36. The van der Waals surface area contributed by atoms with Crippen molar-refractivity contribution in [2.75, 3.05) is 5.01 Å². The van der Waals surface area contributed by atoms with Crippen LogP contribution in [0.3, 0.4) is 0 Å². The predicted octanol–water partition coefficient (Wildman–Crippen LogP) is 5.51. The lowest BCUT2D eigenvalue weighted by molar-refractivity contribution is 0.850. The van der Waals surface area contributed by atoms with Gasteiger partial charge in [-0.05, 0) is 29.7 Å². The minimum absolute atomic E-state index is 0.751. The summed E-state index contributed by atoms with van der Waals surface area (Å²) < 4.78 is 0. The van der Waals surface area contributed by atoms with Crippen LogP contribution < -0.4 is 5.01 Å². The minimum Gasteiger partial charge on any atom is -0.261 e. The Bertz CT molecular complexity index is 765. The molecule has 0 radical (unpaired) electrons. The zero-order valence-corrected chi connectivity index (χ0v) is 14.0. The highest BCUT2D eigenvalue weighted by Crippen LogP contribution is 2.19. The van der Waals surface area contributed by atoms with Gasteiger partial charge in [0.25, 0.3) is 0 Å². The average Bonchev–Trinajstić information content (AvgIpc) is 2.67. The smallest absolute Gasteiger partial charge is 0.0679 e. The molecule has 3 rings (SSSR count). The summed E-state index contributed by atoms with van der Waals surface area (Å²) in [6.45, 7) is 2.90. The quantitative estimate of drug-likeness (QED) is 0.433. The van der Waals surface area contributed by atoms with Gasteiger partial charge in [-0.1, -0.05) is 85.8 Å². The maximum atomic E-state index is 4.98. The van der Waals surface area contributed by atoms with Crippen LogP contribution in [0.2, 0.25) is 0 Å². The first-order chi connectivity index (χ1) is 11.9. The van der Waals surface area contributed by atoms with Crippen LogP contribution in [-0.4, -0.2) is 5.71 Å². The standard InChI is InChI=1S/C22H22N2/c1-2-22(20-14-8-4-9-15-20)23-24(21-16-10-5-11-17-21)18-19-12-6-3-7-13-19/h3-17H,2,18H2,1H3/b23-22-. The summed E-state index contributed by atoms with van der Waals surface area (Å²) in [5.41, 5.74) is 4.61. The Morgan fingerprint density at radius 3 is 1.88 bits per heavy atom. The van der Waals surface area contributed by atoms with E-state index in [-0.39, 0.29) is 0 Å². The largest absolute Gasteiger partial charge is 0.261 e. The van der Waals surface area contributed by atoms with Crippen LogP contribution in [0.25, 0.3) is 0 Å². The highest BCUT2D eigenvalue weighted by atomic mass is 15.5. The SMILES string of the molecule is CC/C(=N/N(Cc1ccccc1)c1ccccc1)c1ccccc1. The van der Waals surface area contributed by atoms with Crippen LogP contribution in [0.5, 0.6) is 0 Å². The zero-order valence-electron chi connectivity index (χ0n) is 14.0. The number of nitrogens with zero attached hydrogens (tertiary/aromatic N) is 2. The van der Waals surface area contributed by atoms with E-state index in [0.717, 1.165) is 24.4 Å². The zero-order chi connectivity index (χ0) is 16.6. The van der Waals surface area contributed by atoms with Gasteiger partial charge in [0.2, 0.25) is 0 Å². The number of benzene rings is 3. The van der Waals surface area contributed by atoms with Crippen molar-refractivity contribution < 1.29 is 0 Å². The number of hydrogen-bond acceptors (Lipinski definition) is 2. The Balaban J connectivity index is 1.96. The summed E-state index contributed by atoms with van der Waals surface area (Å²) in [7, 11) is 0. The van der Waals surface area contributed by atoms with Gasteiger partial charge in [-0.15, -0.1) is 0 Å². The molecule has 0 N–H and O–H groups in total. The number of para-hydroxylation sites is 1. The number of rotatable bonds is 6. The van der Waals surface area contributed by atoms with Crippen LogP contribution in [-0.2, 0) is 6.54 Å². The molecular formula is C22H22N2. The average molecular weight is 314 g/mol. The third-order valence-corrected chi connectivity index (χ3v) is 3.91. The minimum atomic E-state index is 0.751. The molecule has 0 aliphatic carbocycles. The first kappa shape index (κ1) is 16.0. The van der Waals surface area contributed by atoms with Crippen molar-refractivity contribution in [1.82, 2.24) is 0 Å². The summed E-state index contributed by atoms with van der Waals surface area (Å²) in [6.07, 6.45) is 0.891. The van der Waals surface area contributed by atoms with E-state index in [9.17, 15) is 0 Å². The van der Waals surface area contributed by atoms with Crippen molar-refractivity contribution in [3.05, 3.63) is 102 Å². The van der Waals surface area contributed by atoms with Gasteiger partial charge in [0.05, 0.1) is 17.9 Å². The molecule has 0 aliphatic heterocycles. The molecule has 0 fully saturated rings. The van der Waals surface area contributed by atoms with Crippen LogP contribution >= 0.6 is 0 Å². The van der Waals surface area contributed by atoms with Gasteiger partial charge in [0, 0.05) is 0 Å². The van der Waals surface area contributed by atoms with E-state index in [1.807, 2.05) is 18.2 Å². The summed E-state index contributed by atoms with van der Waals surface area (Å²) >= 11 is 0. The molecule has 0 atom stereocenters. The first-order valence-electron chi connectivity index (χ1n) is 8.36. The second kappa shape index (κ2) is 8.11. The van der Waals surface area contributed by atoms with Crippen LogP contribution in [0.4, 0.5) is 5.69 Å². The van der Waals surface area contributed by atoms with Gasteiger partial charge in [-0.25, -0.2) is 0 Å². The third kappa shape index (κ3) is 4.11. The molecule has 2 heteroatoms. The van der Waals surface area contributed by atoms with E-state index < -0.39 is 0 Å². The lowest BCUT2D eigenvalue weighted by Crippen LogP contribution is -2.19. The highest BCUT2D eigenvalue weighted by Gasteiger charge is 2.09. The van der Waals surface area contributed by atoms with E-state index in [4.69, 9.17) is 5.10 Å². The molecular weight excluding hydrogens is 292 g/mol. The molecule has 0 amide bonds. The van der Waals surface area contributed by atoms with Crippen molar-refractivity contribution in [2.45, 2.75) is 19.9 Å². The fraction of sp³-hybridized carbons (Fsp3) is 0.136. The Morgan fingerprint density at radius 1 is 0.750 bits per heavy atom. The Morgan fingerprint density at radius 2 is 1.29 bits per heavy atom. The van der Waals surface area contributed by atoms with Crippen molar-refractivity contribution in [1.29, 1.82) is 0 Å². The third-order valence-electron chi connectivity index (χ3n) is 3.91. The molecule has 120 valence electrons. The topological polar surface area (TPSA) is 15.6 Å². The van der Waals surface area contributed by atoms with Gasteiger partial charge in [0.1, 0.15) is 0 Å². The molecule has 0 unspecified atom stereocenters. The summed E-state index contributed by atoms with van der Waals surface area (Å²) in [5.74, 6) is 0. The molecule has 3 aromatic rings. The van der Waals surface area contributed by atoms with Crippen molar-refractivity contribution >= 4 is 11.4 Å². The summed E-state index contributed by atoms with van der Waals surface area (Å²) in [6, 6.07) is 31.2. The van der Waals surface area contributed by atoms with Gasteiger partial charge in [-0.2, -0.15) is 5.10 Å². The summed E-state index contributed by atoms with van der Waals surface area (Å²) in [4.78, 5) is 0. The Hall–Kier alpha value is -2.87. The molecule has 0 aliphatic rings. The molecule has 0 saturated heterocycles. The molecule has 24 heavy (non-hydrogen) atoms. The van der Waals surface area contributed by atoms with Crippen LogP contribution in [0, 0.1) is 0 Å². The lowest BCUT2D eigenvalue weighted by Gasteiger charge is -2.21. The molecule has 0 bridgehead atoms. The lowest BCUT2D eigenvalue weighted by atomic mass is 10.1. The predicted molar refractivity (Wildman–Crippen MR) is 102 cm³/mol. The van der Waals surface area contributed by atoms with Crippen LogP contribution in [0.1, 0.15) is 24.5 Å². The number of anilines is 1. The van der Waals surface area contributed by atoms with E-state index in [2.05, 4.69) is 84.7 Å². The fourth-order valence-electron chi connectivity index (χ4n) is 2.65. The van der Waals surface area contributed by atoms with E-state index in [0.29, 0.717) is 0 Å². The second-order valence-corrected chi connectivity index (χ2v) is 5.65. The van der Waals surface area contributed by atoms with Gasteiger partial charge < -0.3 is 0 Å². The van der Waals surface area contributed by atoms with Crippen LogP contribution in [0.15, 0.2) is 96.1 Å². The number of hydrogen-bond donors (Lipinski definition) is 0. The molecule has 3 aromatic carbocycles. The van der Waals surface area contributed by atoms with E-state index in [1.165, 1.54) is 11.1 Å². The van der Waals surface area contributed by atoms with Crippen molar-refractivity contribution in [3.8, 4) is 0 Å². The monoisotopic (exact) mass is 314 g/mol. The van der Waals surface area contributed by atoms with E-state index >= 15 is 0 Å². The number of hydrazone groups is 1. The second-order valence-electron chi connectivity index (χ2n) is 5.65. The Labute approximate surface area is 144 Å². The maximum absolute atomic E-state index is 4.98. The molecule has 0 spiro atoms. The normalized spacial score (nSPS) is 11.3. The molecule has 2 nitrogen and oxygen atoms in total. The van der Waals surface area contributed by atoms with E-state index in [1.54, 1.807) is 0 Å². The summed E-state index contributed by atoms with van der Waals surface area (Å²) in [5, 5.41) is 7.06. The van der Waals surface area contributed by atoms with Crippen molar-refractivity contribution in [3.63, 3.8) is 0 Å². The maximum Gasteiger partial charge on any atom is 0.0679 e. The Kier molecular flexibility index (Phi) is 5.41. The molecule has 0 aromatic heterocycles. The highest BCUT2D eigenvalue weighted by molar-refractivity contribution is 6.00. The van der Waals surface area contributed by atoms with Gasteiger partial charge >= 0.3 is 0 Å².